The van der Waals surface area contributed by atoms with Gasteiger partial charge in [0.15, 0.2) is 0 Å². The van der Waals surface area contributed by atoms with Gasteiger partial charge in [0, 0.05) is 36.4 Å². The summed E-state index contributed by atoms with van der Waals surface area (Å²) in [6.07, 6.45) is 0.726. The van der Waals surface area contributed by atoms with Crippen LogP contribution in [-0.4, -0.2) is 55.6 Å². The van der Waals surface area contributed by atoms with E-state index in [9.17, 15) is 14.9 Å². The van der Waals surface area contributed by atoms with Crippen molar-refractivity contribution in [2.75, 3.05) is 26.7 Å². The van der Waals surface area contributed by atoms with Gasteiger partial charge in [-0.2, -0.15) is 5.26 Å². The molecule has 4 rings (SSSR count). The molecule has 1 fully saturated rings. The minimum absolute atomic E-state index is 0.0714. The largest absolute Gasteiger partial charge is 0.367 e. The fourth-order valence-corrected chi connectivity index (χ4v) is 5.14. The number of hydrogen-bond acceptors (Lipinski definition) is 6. The van der Waals surface area contributed by atoms with Crippen LogP contribution >= 0.6 is 11.3 Å². The minimum atomic E-state index is -0.621. The average molecular weight is 439 g/mol. The van der Waals surface area contributed by atoms with Crippen LogP contribution in [0.15, 0.2) is 30.3 Å². The molecule has 2 aliphatic heterocycles. The average Bonchev–Trinajstić information content (AvgIpc) is 3.14. The Bertz CT molecular complexity index is 1000. The quantitative estimate of drug-likeness (QED) is 0.748. The number of nitriles is 1. The number of carbonyl (C=O) groups excluding carboxylic acids is 2. The van der Waals surface area contributed by atoms with Crippen molar-refractivity contribution < 1.29 is 14.3 Å². The summed E-state index contributed by atoms with van der Waals surface area (Å²) < 4.78 is 5.56. The first-order valence-corrected chi connectivity index (χ1v) is 11.3. The number of amides is 2. The van der Waals surface area contributed by atoms with Crippen molar-refractivity contribution in [3.63, 3.8) is 0 Å². The summed E-state index contributed by atoms with van der Waals surface area (Å²) in [5, 5.41) is 15.5. The van der Waals surface area contributed by atoms with Crippen molar-refractivity contribution in [3.05, 3.63) is 46.3 Å². The smallest absolute Gasteiger partial charge is 0.255 e. The second kappa shape index (κ2) is 9.18. The summed E-state index contributed by atoms with van der Waals surface area (Å²) in [4.78, 5) is 28.7. The summed E-state index contributed by atoms with van der Waals surface area (Å²) in [6, 6.07) is 11.6. The Balaban J connectivity index is 1.40. The molecule has 2 N–H and O–H groups in total. The number of rotatable bonds is 5. The molecule has 0 radical (unpaired) electrons. The summed E-state index contributed by atoms with van der Waals surface area (Å²) in [7, 11) is 1.83. The first kappa shape index (κ1) is 21.5. The number of nitrogens with one attached hydrogen (secondary N) is 2. The van der Waals surface area contributed by atoms with E-state index < -0.39 is 12.1 Å². The Hall–Kier alpha value is -2.73. The van der Waals surface area contributed by atoms with Crippen molar-refractivity contribution in [1.82, 2.24) is 15.5 Å². The van der Waals surface area contributed by atoms with Crippen LogP contribution < -0.4 is 10.6 Å². The molecular formula is C23H26N4O3S. The van der Waals surface area contributed by atoms with Crippen molar-refractivity contribution in [1.29, 1.82) is 5.26 Å². The fraction of sp³-hybridized carbons (Fsp3) is 0.435. The molecule has 8 heteroatoms. The molecule has 0 spiro atoms. The number of carbonyl (C=O) groups is 2. The van der Waals surface area contributed by atoms with Gasteiger partial charge in [-0.05, 0) is 37.1 Å². The van der Waals surface area contributed by atoms with Gasteiger partial charge in [-0.25, -0.2) is 0 Å². The Morgan fingerprint density at radius 1 is 1.42 bits per heavy atom. The second-order valence-electron chi connectivity index (χ2n) is 7.99. The maximum atomic E-state index is 12.4. The molecule has 3 heterocycles. The van der Waals surface area contributed by atoms with Crippen LogP contribution in [0, 0.1) is 11.3 Å². The minimum Gasteiger partial charge on any atom is -0.367 e. The summed E-state index contributed by atoms with van der Waals surface area (Å²) in [6.45, 7) is 3.87. The van der Waals surface area contributed by atoms with Crippen LogP contribution in [0.2, 0.25) is 0 Å². The van der Waals surface area contributed by atoms with Crippen LogP contribution in [0.5, 0.6) is 0 Å². The van der Waals surface area contributed by atoms with E-state index in [1.807, 2.05) is 44.3 Å². The zero-order valence-electron chi connectivity index (χ0n) is 17.7. The molecule has 7 nitrogen and oxygen atoms in total. The SMILES string of the molecule is CC1c2sc(-c3ccc(C[C@@H](C#N)NC(=O)[C@H]4CNCCCO4)cc3)cc2C(=O)N1C. The van der Waals surface area contributed by atoms with E-state index >= 15 is 0 Å². The van der Waals surface area contributed by atoms with Crippen molar-refractivity contribution in [2.24, 2.45) is 0 Å². The lowest BCUT2D eigenvalue weighted by Crippen LogP contribution is -2.46. The molecule has 162 valence electrons. The highest BCUT2D eigenvalue weighted by Crippen LogP contribution is 2.41. The first-order chi connectivity index (χ1) is 15.0. The third-order valence-corrected chi connectivity index (χ3v) is 7.22. The van der Waals surface area contributed by atoms with Crippen LogP contribution in [0.4, 0.5) is 0 Å². The number of fused-ring (bicyclic) bond motifs is 1. The van der Waals surface area contributed by atoms with E-state index in [1.165, 1.54) is 0 Å². The highest BCUT2D eigenvalue weighted by Gasteiger charge is 2.33. The third-order valence-electron chi connectivity index (χ3n) is 5.86. The van der Waals surface area contributed by atoms with E-state index in [-0.39, 0.29) is 17.9 Å². The number of nitrogens with zero attached hydrogens (tertiary/aromatic N) is 2. The van der Waals surface area contributed by atoms with Gasteiger partial charge in [-0.3, -0.25) is 9.59 Å². The molecule has 3 atom stereocenters. The van der Waals surface area contributed by atoms with Crippen LogP contribution in [0.1, 0.15) is 40.2 Å². The van der Waals surface area contributed by atoms with E-state index in [4.69, 9.17) is 4.74 Å². The highest BCUT2D eigenvalue weighted by molar-refractivity contribution is 7.16. The Kier molecular flexibility index (Phi) is 6.37. The molecule has 2 aliphatic rings. The molecule has 2 aromatic rings. The molecule has 0 aliphatic carbocycles. The molecule has 1 aromatic heterocycles. The fourth-order valence-electron chi connectivity index (χ4n) is 3.88. The summed E-state index contributed by atoms with van der Waals surface area (Å²) in [5.41, 5.74) is 2.80. The number of thiophene rings is 1. The van der Waals surface area contributed by atoms with Crippen molar-refractivity contribution in [2.45, 2.75) is 38.0 Å². The zero-order valence-corrected chi connectivity index (χ0v) is 18.5. The van der Waals surface area contributed by atoms with E-state index in [0.717, 1.165) is 39.4 Å². The molecule has 0 saturated carbocycles. The van der Waals surface area contributed by atoms with E-state index in [2.05, 4.69) is 16.7 Å². The molecule has 1 unspecified atom stereocenters. The summed E-state index contributed by atoms with van der Waals surface area (Å²) in [5.74, 6) is -0.184. The van der Waals surface area contributed by atoms with Gasteiger partial charge in [0.25, 0.3) is 11.8 Å². The highest BCUT2D eigenvalue weighted by atomic mass is 32.1. The lowest BCUT2D eigenvalue weighted by Gasteiger charge is -2.18. The number of hydrogen-bond donors (Lipinski definition) is 2. The lowest BCUT2D eigenvalue weighted by molar-refractivity contribution is -0.132. The number of benzene rings is 1. The Morgan fingerprint density at radius 2 is 2.19 bits per heavy atom. The molecule has 2 amide bonds. The topological polar surface area (TPSA) is 94.5 Å². The molecule has 1 saturated heterocycles. The number of ether oxygens (including phenoxy) is 1. The zero-order chi connectivity index (χ0) is 22.0. The second-order valence-corrected chi connectivity index (χ2v) is 9.07. The van der Waals surface area contributed by atoms with Crippen molar-refractivity contribution in [3.8, 4) is 16.5 Å². The normalized spacial score (nSPS) is 21.8. The van der Waals surface area contributed by atoms with E-state index in [1.54, 1.807) is 16.2 Å². The predicted molar refractivity (Wildman–Crippen MR) is 119 cm³/mol. The lowest BCUT2D eigenvalue weighted by atomic mass is 10.0. The van der Waals surface area contributed by atoms with Gasteiger partial charge in [0.1, 0.15) is 12.1 Å². The first-order valence-electron chi connectivity index (χ1n) is 10.5. The Labute approximate surface area is 186 Å². The monoisotopic (exact) mass is 438 g/mol. The van der Waals surface area contributed by atoms with E-state index in [0.29, 0.717) is 19.6 Å². The summed E-state index contributed by atoms with van der Waals surface area (Å²) >= 11 is 1.65. The van der Waals surface area contributed by atoms with Gasteiger partial charge in [-0.15, -0.1) is 11.3 Å². The Morgan fingerprint density at radius 3 is 2.90 bits per heavy atom. The van der Waals surface area contributed by atoms with Gasteiger partial charge in [0.05, 0.1) is 17.7 Å². The molecular weight excluding hydrogens is 412 g/mol. The third kappa shape index (κ3) is 4.49. The molecule has 1 aromatic carbocycles. The predicted octanol–water partition coefficient (Wildman–Crippen LogP) is 2.49. The standard InChI is InChI=1S/C23H26N4O3S/c1-14-21-18(23(29)27(14)2)11-20(31-21)16-6-4-15(5-7-16)10-17(12-24)26-22(28)19-13-25-8-3-9-30-19/h4-7,11,14,17,19,25H,3,8-10,13H2,1-2H3,(H,26,28)/t14?,17-,19+/m0/s1. The van der Waals surface area contributed by atoms with Gasteiger partial charge in [0.2, 0.25) is 0 Å². The molecule has 0 bridgehead atoms. The van der Waals surface area contributed by atoms with Crippen LogP contribution in [0.3, 0.4) is 0 Å². The maximum Gasteiger partial charge on any atom is 0.255 e. The van der Waals surface area contributed by atoms with Gasteiger partial charge in [-0.1, -0.05) is 24.3 Å². The molecule has 31 heavy (non-hydrogen) atoms. The van der Waals surface area contributed by atoms with Crippen LogP contribution in [-0.2, 0) is 16.0 Å². The van der Waals surface area contributed by atoms with Crippen molar-refractivity contribution >= 4 is 23.2 Å². The van der Waals surface area contributed by atoms with Crippen LogP contribution in [0.25, 0.3) is 10.4 Å². The van der Waals surface area contributed by atoms with Gasteiger partial charge < -0.3 is 20.3 Å². The maximum absolute atomic E-state index is 12.4. The van der Waals surface area contributed by atoms with Gasteiger partial charge >= 0.3 is 0 Å².